The Kier molecular flexibility index (Phi) is 4.15. The van der Waals surface area contributed by atoms with Crippen LogP contribution in [0.4, 0.5) is 0 Å². The number of para-hydroxylation sites is 1. The Morgan fingerprint density at radius 1 is 1.22 bits per heavy atom. The highest BCUT2D eigenvalue weighted by molar-refractivity contribution is 5.87. The van der Waals surface area contributed by atoms with E-state index in [0.717, 1.165) is 23.4 Å². The smallest absolute Gasteiger partial charge is 0.145 e. The van der Waals surface area contributed by atoms with Gasteiger partial charge in [-0.15, -0.1) is 0 Å². The van der Waals surface area contributed by atoms with E-state index in [4.69, 9.17) is 9.47 Å². The molecule has 18 heavy (non-hydrogen) atoms. The highest BCUT2D eigenvalue weighted by Crippen LogP contribution is 2.27. The van der Waals surface area contributed by atoms with Crippen molar-refractivity contribution in [2.24, 2.45) is 0 Å². The molecule has 1 aromatic heterocycles. The molecule has 1 heterocycles. The maximum Gasteiger partial charge on any atom is 0.145 e. The predicted molar refractivity (Wildman–Crippen MR) is 73.2 cm³/mol. The number of aryl methyl sites for hydroxylation is 2. The Morgan fingerprint density at radius 2 is 2.06 bits per heavy atom. The van der Waals surface area contributed by atoms with Crippen LogP contribution in [0.5, 0.6) is 5.75 Å². The number of aromatic nitrogens is 1. The van der Waals surface area contributed by atoms with Crippen LogP contribution in [0.3, 0.4) is 0 Å². The molecule has 2 rings (SSSR count). The number of rotatable bonds is 5. The second-order valence-corrected chi connectivity index (χ2v) is 4.27. The van der Waals surface area contributed by atoms with Crippen molar-refractivity contribution in [3.63, 3.8) is 0 Å². The van der Waals surface area contributed by atoms with Gasteiger partial charge in [0.05, 0.1) is 6.61 Å². The molecule has 0 saturated carbocycles. The van der Waals surface area contributed by atoms with E-state index in [1.54, 1.807) is 7.11 Å². The zero-order chi connectivity index (χ0) is 13.0. The van der Waals surface area contributed by atoms with Gasteiger partial charge in [0, 0.05) is 18.2 Å². The Labute approximate surface area is 108 Å². The molecule has 3 nitrogen and oxygen atoms in total. The maximum atomic E-state index is 5.73. The number of fused-ring (bicyclic) bond motifs is 1. The van der Waals surface area contributed by atoms with Crippen molar-refractivity contribution < 1.29 is 9.47 Å². The molecule has 0 bridgehead atoms. The molecule has 0 aliphatic heterocycles. The topological polar surface area (TPSA) is 31.4 Å². The normalized spacial score (nSPS) is 10.8. The van der Waals surface area contributed by atoms with Crippen LogP contribution in [0.15, 0.2) is 24.3 Å². The molecular weight excluding hydrogens is 226 g/mol. The van der Waals surface area contributed by atoms with E-state index in [0.29, 0.717) is 13.2 Å². The minimum atomic E-state index is 0.548. The van der Waals surface area contributed by atoms with Crippen molar-refractivity contribution in [1.82, 2.24) is 4.98 Å². The second kappa shape index (κ2) is 5.83. The largest absolute Gasteiger partial charge is 0.489 e. The molecule has 0 radical (unpaired) electrons. The molecule has 0 aliphatic carbocycles. The molecule has 0 aliphatic rings. The quantitative estimate of drug-likeness (QED) is 0.758. The Morgan fingerprint density at radius 3 is 2.78 bits per heavy atom. The predicted octanol–water partition coefficient (Wildman–Crippen LogP) is 3.13. The standard InChI is InChI=1S/C15H19NO2/c1-4-12-10-11(2)16-15-13(12)6-5-7-14(15)18-9-8-17-3/h5-7,10H,4,8-9H2,1-3H3. The van der Waals surface area contributed by atoms with Crippen molar-refractivity contribution in [1.29, 1.82) is 0 Å². The van der Waals surface area contributed by atoms with Crippen LogP contribution >= 0.6 is 0 Å². The SMILES string of the molecule is CCc1cc(C)nc2c(OCCOC)cccc12. The molecule has 0 unspecified atom stereocenters. The minimum absolute atomic E-state index is 0.548. The van der Waals surface area contributed by atoms with E-state index < -0.39 is 0 Å². The number of ether oxygens (including phenoxy) is 2. The molecule has 1 aromatic carbocycles. The van der Waals surface area contributed by atoms with E-state index in [1.807, 2.05) is 19.1 Å². The number of methoxy groups -OCH3 is 1. The van der Waals surface area contributed by atoms with Crippen LogP contribution in [0.25, 0.3) is 10.9 Å². The molecule has 96 valence electrons. The number of hydrogen-bond donors (Lipinski definition) is 0. The summed E-state index contributed by atoms with van der Waals surface area (Å²) in [6, 6.07) is 8.22. The van der Waals surface area contributed by atoms with Gasteiger partial charge in [-0.1, -0.05) is 19.1 Å². The molecule has 0 amide bonds. The molecule has 3 heteroatoms. The molecule has 0 fully saturated rings. The lowest BCUT2D eigenvalue weighted by Crippen LogP contribution is -2.05. The van der Waals surface area contributed by atoms with Crippen LogP contribution in [0.2, 0.25) is 0 Å². The third kappa shape index (κ3) is 2.62. The highest BCUT2D eigenvalue weighted by Gasteiger charge is 2.07. The van der Waals surface area contributed by atoms with Crippen molar-refractivity contribution in [3.8, 4) is 5.75 Å². The lowest BCUT2D eigenvalue weighted by atomic mass is 10.1. The first kappa shape index (κ1) is 12.8. The lowest BCUT2D eigenvalue weighted by Gasteiger charge is -2.11. The van der Waals surface area contributed by atoms with Crippen LogP contribution in [0, 0.1) is 6.92 Å². The third-order valence-electron chi connectivity index (χ3n) is 2.94. The number of pyridine rings is 1. The van der Waals surface area contributed by atoms with Gasteiger partial charge in [-0.2, -0.15) is 0 Å². The summed E-state index contributed by atoms with van der Waals surface area (Å²) < 4.78 is 10.7. The Balaban J connectivity index is 2.44. The molecule has 0 saturated heterocycles. The second-order valence-electron chi connectivity index (χ2n) is 4.27. The zero-order valence-electron chi connectivity index (χ0n) is 11.2. The van der Waals surface area contributed by atoms with Crippen molar-refractivity contribution in [3.05, 3.63) is 35.5 Å². The monoisotopic (exact) mass is 245 g/mol. The Hall–Kier alpha value is -1.61. The van der Waals surface area contributed by atoms with Gasteiger partial charge in [-0.3, -0.25) is 0 Å². The number of nitrogens with zero attached hydrogens (tertiary/aromatic N) is 1. The van der Waals surface area contributed by atoms with Crippen molar-refractivity contribution >= 4 is 10.9 Å². The Bertz CT molecular complexity index is 537. The van der Waals surface area contributed by atoms with Gasteiger partial charge in [0.15, 0.2) is 0 Å². The van der Waals surface area contributed by atoms with Gasteiger partial charge in [0.1, 0.15) is 17.9 Å². The van der Waals surface area contributed by atoms with Gasteiger partial charge in [-0.25, -0.2) is 4.98 Å². The average Bonchev–Trinajstić information content (AvgIpc) is 2.38. The fourth-order valence-corrected chi connectivity index (χ4v) is 2.08. The summed E-state index contributed by atoms with van der Waals surface area (Å²) in [6.45, 7) is 5.31. The molecule has 0 spiro atoms. The van der Waals surface area contributed by atoms with Gasteiger partial charge < -0.3 is 9.47 Å². The fourth-order valence-electron chi connectivity index (χ4n) is 2.08. The fraction of sp³-hybridized carbons (Fsp3) is 0.400. The van der Waals surface area contributed by atoms with E-state index in [9.17, 15) is 0 Å². The first-order valence-corrected chi connectivity index (χ1v) is 6.27. The van der Waals surface area contributed by atoms with Crippen LogP contribution in [-0.2, 0) is 11.2 Å². The van der Waals surface area contributed by atoms with E-state index in [1.165, 1.54) is 10.9 Å². The first-order chi connectivity index (χ1) is 8.76. The van der Waals surface area contributed by atoms with Crippen molar-refractivity contribution in [2.45, 2.75) is 20.3 Å². The summed E-state index contributed by atoms with van der Waals surface area (Å²) in [5.74, 6) is 0.836. The van der Waals surface area contributed by atoms with E-state index >= 15 is 0 Å². The van der Waals surface area contributed by atoms with Gasteiger partial charge >= 0.3 is 0 Å². The van der Waals surface area contributed by atoms with Gasteiger partial charge in [0.2, 0.25) is 0 Å². The summed E-state index contributed by atoms with van der Waals surface area (Å²) >= 11 is 0. The number of hydrogen-bond acceptors (Lipinski definition) is 3. The minimum Gasteiger partial charge on any atom is -0.489 e. The summed E-state index contributed by atoms with van der Waals surface area (Å²) in [7, 11) is 1.67. The summed E-state index contributed by atoms with van der Waals surface area (Å²) in [6.07, 6.45) is 1.00. The van der Waals surface area contributed by atoms with E-state index in [-0.39, 0.29) is 0 Å². The average molecular weight is 245 g/mol. The molecule has 2 aromatic rings. The third-order valence-corrected chi connectivity index (χ3v) is 2.94. The van der Waals surface area contributed by atoms with Crippen LogP contribution in [0.1, 0.15) is 18.2 Å². The highest BCUT2D eigenvalue weighted by atomic mass is 16.5. The lowest BCUT2D eigenvalue weighted by molar-refractivity contribution is 0.147. The van der Waals surface area contributed by atoms with Crippen LogP contribution < -0.4 is 4.74 Å². The number of benzene rings is 1. The van der Waals surface area contributed by atoms with E-state index in [2.05, 4.69) is 24.0 Å². The maximum absolute atomic E-state index is 5.73. The molecule has 0 N–H and O–H groups in total. The van der Waals surface area contributed by atoms with Gasteiger partial charge in [0.25, 0.3) is 0 Å². The molecule has 0 atom stereocenters. The summed E-state index contributed by atoms with van der Waals surface area (Å²) in [5.41, 5.74) is 3.29. The summed E-state index contributed by atoms with van der Waals surface area (Å²) in [5, 5.41) is 1.18. The van der Waals surface area contributed by atoms with Gasteiger partial charge in [-0.05, 0) is 31.0 Å². The zero-order valence-corrected chi connectivity index (χ0v) is 11.2. The van der Waals surface area contributed by atoms with Crippen molar-refractivity contribution in [2.75, 3.05) is 20.3 Å². The van der Waals surface area contributed by atoms with Crippen LogP contribution in [-0.4, -0.2) is 25.3 Å². The first-order valence-electron chi connectivity index (χ1n) is 6.27. The molecular formula is C15H19NO2. The summed E-state index contributed by atoms with van der Waals surface area (Å²) in [4.78, 5) is 4.60.